The first-order valence-electron chi connectivity index (χ1n) is 11.3. The second-order valence-corrected chi connectivity index (χ2v) is 9.34. The second kappa shape index (κ2) is 13.6. The average Bonchev–Trinajstić information content (AvgIpc) is 2.69. The van der Waals surface area contributed by atoms with Crippen molar-refractivity contribution in [1.82, 2.24) is 0 Å². The van der Waals surface area contributed by atoms with Gasteiger partial charge in [-0.25, -0.2) is 0 Å². The van der Waals surface area contributed by atoms with Gasteiger partial charge in [-0.05, 0) is 64.0 Å². The first-order chi connectivity index (χ1) is 15.0. The lowest BCUT2D eigenvalue weighted by Crippen LogP contribution is -2.28. The van der Waals surface area contributed by atoms with Crippen LogP contribution in [-0.4, -0.2) is 17.5 Å². The monoisotopic (exact) mass is 432 g/mol. The third-order valence-corrected chi connectivity index (χ3v) is 5.44. The number of carbonyl (C=O) groups excluding carboxylic acids is 1. The standard InChI is InChI=1S/C30H40O2/c1-23(12-8-9-13-24(2)15-11-17-26(4)22-31)14-10-16-25(3)18-19-29-27(5)20-28(32)21-30(29,6)7/h8-19,22,28,32H,20-21H2,1-7H3/b9-8+,14-10+,15-11+,19-18+,23-12+,24-13+,25-16+,26-17+. The van der Waals surface area contributed by atoms with E-state index in [0.717, 1.165) is 24.7 Å². The van der Waals surface area contributed by atoms with Crippen molar-refractivity contribution in [3.05, 3.63) is 106 Å². The highest BCUT2D eigenvalue weighted by atomic mass is 16.3. The van der Waals surface area contributed by atoms with Crippen molar-refractivity contribution in [2.24, 2.45) is 5.41 Å². The predicted octanol–water partition coefficient (Wildman–Crippen LogP) is 7.69. The number of carbonyl (C=O) groups is 1. The van der Waals surface area contributed by atoms with Crippen LogP contribution in [0.15, 0.2) is 106 Å². The van der Waals surface area contributed by atoms with E-state index in [4.69, 9.17) is 0 Å². The van der Waals surface area contributed by atoms with Gasteiger partial charge >= 0.3 is 0 Å². The Hall–Kier alpha value is -2.71. The van der Waals surface area contributed by atoms with Crippen LogP contribution < -0.4 is 0 Å². The van der Waals surface area contributed by atoms with Gasteiger partial charge in [-0.2, -0.15) is 0 Å². The summed E-state index contributed by atoms with van der Waals surface area (Å²) < 4.78 is 0. The molecule has 1 unspecified atom stereocenters. The largest absolute Gasteiger partial charge is 0.393 e. The maximum atomic E-state index is 10.6. The van der Waals surface area contributed by atoms with Crippen LogP contribution in [-0.2, 0) is 4.79 Å². The molecule has 0 saturated carbocycles. The van der Waals surface area contributed by atoms with Gasteiger partial charge in [-0.3, -0.25) is 4.79 Å². The fraction of sp³-hybridized carbons (Fsp3) is 0.367. The minimum atomic E-state index is -0.226. The molecule has 1 aliphatic rings. The third kappa shape index (κ3) is 10.5. The number of rotatable bonds is 9. The van der Waals surface area contributed by atoms with Gasteiger partial charge in [0.25, 0.3) is 0 Å². The molecule has 172 valence electrons. The summed E-state index contributed by atoms with van der Waals surface area (Å²) in [5, 5.41) is 10.0. The highest BCUT2D eigenvalue weighted by Gasteiger charge is 2.31. The molecule has 1 rings (SSSR count). The van der Waals surface area contributed by atoms with Crippen molar-refractivity contribution >= 4 is 6.29 Å². The van der Waals surface area contributed by atoms with Gasteiger partial charge in [0.15, 0.2) is 0 Å². The Morgan fingerprint density at radius 2 is 1.28 bits per heavy atom. The van der Waals surface area contributed by atoms with Gasteiger partial charge < -0.3 is 5.11 Å². The van der Waals surface area contributed by atoms with E-state index >= 15 is 0 Å². The SMILES string of the molecule is CC1=C(/C=C/C(C)=C/C=C/C(C)=C/C=C/C=C(C)/C=C/C=C(\C)C=O)C(C)(C)CC(O)C1. The van der Waals surface area contributed by atoms with Crippen LogP contribution in [0.4, 0.5) is 0 Å². The molecular formula is C30H40O2. The molecule has 2 nitrogen and oxygen atoms in total. The molecule has 1 N–H and O–H groups in total. The fourth-order valence-electron chi connectivity index (χ4n) is 3.72. The average molecular weight is 433 g/mol. The van der Waals surface area contributed by atoms with Crippen LogP contribution in [0, 0.1) is 5.41 Å². The molecule has 0 saturated heterocycles. The van der Waals surface area contributed by atoms with Gasteiger partial charge in [-0.15, -0.1) is 0 Å². The molecule has 32 heavy (non-hydrogen) atoms. The Labute approximate surface area is 195 Å². The van der Waals surface area contributed by atoms with E-state index in [0.29, 0.717) is 5.57 Å². The van der Waals surface area contributed by atoms with Crippen LogP contribution in [0.3, 0.4) is 0 Å². The molecule has 1 aliphatic carbocycles. The maximum Gasteiger partial charge on any atom is 0.145 e. The molecule has 0 heterocycles. The number of aliphatic hydroxyl groups excluding tert-OH is 1. The van der Waals surface area contributed by atoms with Gasteiger partial charge in [0, 0.05) is 0 Å². The molecule has 0 bridgehead atoms. The molecule has 0 aliphatic heterocycles. The van der Waals surface area contributed by atoms with Crippen LogP contribution in [0.5, 0.6) is 0 Å². The smallest absolute Gasteiger partial charge is 0.145 e. The van der Waals surface area contributed by atoms with Gasteiger partial charge in [0.2, 0.25) is 0 Å². The number of allylic oxidation sites excluding steroid dienone is 17. The highest BCUT2D eigenvalue weighted by Crippen LogP contribution is 2.41. The molecule has 0 aromatic rings. The zero-order chi connectivity index (χ0) is 24.1. The fourth-order valence-corrected chi connectivity index (χ4v) is 3.72. The Morgan fingerprint density at radius 1 is 0.812 bits per heavy atom. The van der Waals surface area contributed by atoms with Crippen LogP contribution >= 0.6 is 0 Å². The lowest BCUT2D eigenvalue weighted by atomic mass is 9.71. The normalized spacial score (nSPS) is 21.7. The molecule has 0 fully saturated rings. The predicted molar refractivity (Wildman–Crippen MR) is 139 cm³/mol. The maximum absolute atomic E-state index is 10.6. The molecule has 0 amide bonds. The van der Waals surface area contributed by atoms with Gasteiger partial charge in [-0.1, -0.05) is 109 Å². The van der Waals surface area contributed by atoms with Crippen molar-refractivity contribution in [3.63, 3.8) is 0 Å². The Bertz CT molecular complexity index is 922. The first-order valence-corrected chi connectivity index (χ1v) is 11.3. The summed E-state index contributed by atoms with van der Waals surface area (Å²) in [5.74, 6) is 0. The van der Waals surface area contributed by atoms with E-state index in [1.54, 1.807) is 13.0 Å². The van der Waals surface area contributed by atoms with Crippen molar-refractivity contribution in [1.29, 1.82) is 0 Å². The molecule has 0 aromatic heterocycles. The minimum Gasteiger partial charge on any atom is -0.393 e. The van der Waals surface area contributed by atoms with E-state index < -0.39 is 0 Å². The van der Waals surface area contributed by atoms with Gasteiger partial charge in [0.05, 0.1) is 6.10 Å². The number of hydrogen-bond donors (Lipinski definition) is 1. The van der Waals surface area contributed by atoms with E-state index in [-0.39, 0.29) is 11.5 Å². The first kappa shape index (κ1) is 27.3. The zero-order valence-corrected chi connectivity index (χ0v) is 20.9. The summed E-state index contributed by atoms with van der Waals surface area (Å²) in [6.07, 6.45) is 26.6. The van der Waals surface area contributed by atoms with E-state index in [2.05, 4.69) is 71.1 Å². The van der Waals surface area contributed by atoms with Crippen LogP contribution in [0.1, 0.15) is 61.3 Å². The molecule has 2 heteroatoms. The Morgan fingerprint density at radius 3 is 1.78 bits per heavy atom. The zero-order valence-electron chi connectivity index (χ0n) is 20.9. The van der Waals surface area contributed by atoms with E-state index in [1.807, 2.05) is 37.3 Å². The summed E-state index contributed by atoms with van der Waals surface area (Å²) in [5.41, 5.74) is 6.81. The van der Waals surface area contributed by atoms with Crippen molar-refractivity contribution < 1.29 is 9.90 Å². The summed E-state index contributed by atoms with van der Waals surface area (Å²) in [6, 6.07) is 0. The molecule has 0 radical (unpaired) electrons. The Kier molecular flexibility index (Phi) is 11.7. The summed E-state index contributed by atoms with van der Waals surface area (Å²) in [7, 11) is 0. The summed E-state index contributed by atoms with van der Waals surface area (Å²) >= 11 is 0. The van der Waals surface area contributed by atoms with Crippen molar-refractivity contribution in [2.75, 3.05) is 0 Å². The van der Waals surface area contributed by atoms with Crippen molar-refractivity contribution in [3.8, 4) is 0 Å². The quantitative estimate of drug-likeness (QED) is 0.230. The minimum absolute atomic E-state index is 0.00771. The number of aldehydes is 1. The van der Waals surface area contributed by atoms with Crippen LogP contribution in [0.25, 0.3) is 0 Å². The lowest BCUT2D eigenvalue weighted by molar-refractivity contribution is -0.104. The topological polar surface area (TPSA) is 37.3 Å². The summed E-state index contributed by atoms with van der Waals surface area (Å²) in [6.45, 7) is 14.5. The molecular weight excluding hydrogens is 392 g/mol. The Balaban J connectivity index is 2.68. The highest BCUT2D eigenvalue weighted by molar-refractivity contribution is 5.72. The summed E-state index contributed by atoms with van der Waals surface area (Å²) in [4.78, 5) is 10.6. The van der Waals surface area contributed by atoms with Gasteiger partial charge in [0.1, 0.15) is 6.29 Å². The number of aliphatic hydroxyl groups is 1. The van der Waals surface area contributed by atoms with E-state index in [9.17, 15) is 9.90 Å². The van der Waals surface area contributed by atoms with E-state index in [1.165, 1.54) is 22.3 Å². The lowest BCUT2D eigenvalue weighted by Gasteiger charge is -2.35. The van der Waals surface area contributed by atoms with Crippen molar-refractivity contribution in [2.45, 2.75) is 67.4 Å². The number of hydrogen-bond acceptors (Lipinski definition) is 2. The molecule has 0 aromatic carbocycles. The van der Waals surface area contributed by atoms with Crippen LogP contribution in [0.2, 0.25) is 0 Å². The second-order valence-electron chi connectivity index (χ2n) is 9.34. The third-order valence-electron chi connectivity index (χ3n) is 5.44. The molecule has 1 atom stereocenters. The molecule has 0 spiro atoms.